The highest BCUT2D eigenvalue weighted by molar-refractivity contribution is 5.88. The predicted octanol–water partition coefficient (Wildman–Crippen LogP) is 1.80. The van der Waals surface area contributed by atoms with Gasteiger partial charge in [0, 0.05) is 13.1 Å². The number of anilines is 1. The van der Waals surface area contributed by atoms with E-state index in [9.17, 15) is 4.79 Å². The van der Waals surface area contributed by atoms with Crippen LogP contribution in [0.3, 0.4) is 0 Å². The van der Waals surface area contributed by atoms with Gasteiger partial charge >= 0.3 is 6.03 Å². The molecule has 5 heteroatoms. The van der Waals surface area contributed by atoms with Gasteiger partial charge in [-0.15, -0.1) is 0 Å². The summed E-state index contributed by atoms with van der Waals surface area (Å²) < 4.78 is 0. The van der Waals surface area contributed by atoms with Gasteiger partial charge in [-0.05, 0) is 30.9 Å². The van der Waals surface area contributed by atoms with Gasteiger partial charge < -0.3 is 10.6 Å². The van der Waals surface area contributed by atoms with Crippen LogP contribution in [0.15, 0.2) is 18.2 Å². The first kappa shape index (κ1) is 14.4. The Bertz CT molecular complexity index is 510. The molecule has 0 spiro atoms. The number of aromatic nitrogens is 1. The SMILES string of the molecule is NCC#Cc1cccc(NC(=O)N2CCCCCC2)n1. The summed E-state index contributed by atoms with van der Waals surface area (Å²) in [4.78, 5) is 18.3. The quantitative estimate of drug-likeness (QED) is 0.766. The maximum atomic E-state index is 12.2. The van der Waals surface area contributed by atoms with Crippen LogP contribution in [0.4, 0.5) is 10.6 Å². The number of hydrogen-bond acceptors (Lipinski definition) is 3. The van der Waals surface area contributed by atoms with E-state index < -0.39 is 0 Å². The van der Waals surface area contributed by atoms with Crippen LogP contribution >= 0.6 is 0 Å². The molecule has 1 aliphatic heterocycles. The van der Waals surface area contributed by atoms with E-state index in [0.29, 0.717) is 18.1 Å². The molecule has 1 saturated heterocycles. The maximum Gasteiger partial charge on any atom is 0.323 e. The van der Waals surface area contributed by atoms with E-state index in [-0.39, 0.29) is 6.03 Å². The average Bonchev–Trinajstić information content (AvgIpc) is 2.74. The van der Waals surface area contributed by atoms with E-state index in [1.54, 1.807) is 12.1 Å². The minimum atomic E-state index is -0.0802. The van der Waals surface area contributed by atoms with E-state index in [1.807, 2.05) is 11.0 Å². The number of carbonyl (C=O) groups is 1. The van der Waals surface area contributed by atoms with Crippen LogP contribution in [0.2, 0.25) is 0 Å². The molecule has 2 rings (SSSR count). The first-order chi connectivity index (χ1) is 9.79. The van der Waals surface area contributed by atoms with Crippen molar-refractivity contribution in [3.8, 4) is 11.8 Å². The summed E-state index contributed by atoms with van der Waals surface area (Å²) in [5.41, 5.74) is 5.94. The Hall–Kier alpha value is -2.06. The second kappa shape index (κ2) is 7.51. The highest BCUT2D eigenvalue weighted by Gasteiger charge is 2.15. The Morgan fingerprint density at radius 2 is 2.05 bits per heavy atom. The minimum absolute atomic E-state index is 0.0802. The zero-order valence-corrected chi connectivity index (χ0v) is 11.6. The van der Waals surface area contributed by atoms with Gasteiger partial charge in [-0.25, -0.2) is 9.78 Å². The molecule has 0 saturated carbocycles. The third-order valence-corrected chi connectivity index (χ3v) is 3.20. The molecule has 1 fully saturated rings. The smallest absolute Gasteiger partial charge is 0.323 e. The van der Waals surface area contributed by atoms with Crippen molar-refractivity contribution in [3.05, 3.63) is 23.9 Å². The van der Waals surface area contributed by atoms with Crippen molar-refractivity contribution in [3.63, 3.8) is 0 Å². The van der Waals surface area contributed by atoms with Crippen molar-refractivity contribution >= 4 is 11.8 Å². The molecule has 1 aromatic heterocycles. The molecule has 3 N–H and O–H groups in total. The molecule has 2 amide bonds. The van der Waals surface area contributed by atoms with Crippen LogP contribution < -0.4 is 11.1 Å². The Labute approximate surface area is 119 Å². The summed E-state index contributed by atoms with van der Waals surface area (Å²) in [6.45, 7) is 1.93. The average molecular weight is 272 g/mol. The number of likely N-dealkylation sites (tertiary alicyclic amines) is 1. The summed E-state index contributed by atoms with van der Waals surface area (Å²) in [5.74, 6) is 6.14. The van der Waals surface area contributed by atoms with Crippen LogP contribution in [0, 0.1) is 11.8 Å². The zero-order chi connectivity index (χ0) is 14.2. The molecule has 0 bridgehead atoms. The minimum Gasteiger partial charge on any atom is -0.325 e. The third-order valence-electron chi connectivity index (χ3n) is 3.20. The van der Waals surface area contributed by atoms with Gasteiger partial charge in [-0.3, -0.25) is 5.32 Å². The number of amides is 2. The number of hydrogen-bond donors (Lipinski definition) is 2. The van der Waals surface area contributed by atoms with Gasteiger partial charge in [0.15, 0.2) is 0 Å². The van der Waals surface area contributed by atoms with Gasteiger partial charge in [0.05, 0.1) is 6.54 Å². The molecule has 0 aromatic carbocycles. The molecule has 106 valence electrons. The molecular formula is C15H20N4O. The van der Waals surface area contributed by atoms with Gasteiger partial charge in [-0.1, -0.05) is 24.8 Å². The van der Waals surface area contributed by atoms with E-state index in [4.69, 9.17) is 5.73 Å². The molecule has 2 heterocycles. The lowest BCUT2D eigenvalue weighted by molar-refractivity contribution is 0.213. The van der Waals surface area contributed by atoms with Crippen molar-refractivity contribution in [2.45, 2.75) is 25.7 Å². The number of nitrogens with two attached hydrogens (primary N) is 1. The number of pyridine rings is 1. The topological polar surface area (TPSA) is 71.2 Å². The predicted molar refractivity (Wildman–Crippen MR) is 79.2 cm³/mol. The first-order valence-corrected chi connectivity index (χ1v) is 7.01. The summed E-state index contributed by atoms with van der Waals surface area (Å²) in [6, 6.07) is 5.31. The van der Waals surface area contributed by atoms with Crippen molar-refractivity contribution in [2.24, 2.45) is 5.73 Å². The molecule has 0 atom stereocenters. The number of nitrogens with one attached hydrogen (secondary N) is 1. The van der Waals surface area contributed by atoms with E-state index in [0.717, 1.165) is 25.9 Å². The Morgan fingerprint density at radius 3 is 2.75 bits per heavy atom. The fourth-order valence-corrected chi connectivity index (χ4v) is 2.18. The van der Waals surface area contributed by atoms with Crippen molar-refractivity contribution in [1.82, 2.24) is 9.88 Å². The number of rotatable bonds is 1. The summed E-state index contributed by atoms with van der Waals surface area (Å²) in [5, 5.41) is 2.83. The molecular weight excluding hydrogens is 252 g/mol. The van der Waals surface area contributed by atoms with E-state index in [1.165, 1.54) is 12.8 Å². The molecule has 0 aliphatic carbocycles. The summed E-state index contributed by atoms with van der Waals surface area (Å²) in [7, 11) is 0. The molecule has 0 radical (unpaired) electrons. The summed E-state index contributed by atoms with van der Waals surface area (Å²) in [6.07, 6.45) is 4.55. The van der Waals surface area contributed by atoms with Crippen LogP contribution in [0.5, 0.6) is 0 Å². The van der Waals surface area contributed by atoms with E-state index >= 15 is 0 Å². The van der Waals surface area contributed by atoms with Crippen LogP contribution in [-0.4, -0.2) is 35.5 Å². The first-order valence-electron chi connectivity index (χ1n) is 7.01. The Balaban J connectivity index is 1.99. The monoisotopic (exact) mass is 272 g/mol. The number of nitrogens with zero attached hydrogens (tertiary/aromatic N) is 2. The molecule has 20 heavy (non-hydrogen) atoms. The number of carbonyl (C=O) groups excluding carboxylic acids is 1. The van der Waals surface area contributed by atoms with Gasteiger partial charge in [-0.2, -0.15) is 0 Å². The lowest BCUT2D eigenvalue weighted by Gasteiger charge is -2.20. The lowest BCUT2D eigenvalue weighted by Crippen LogP contribution is -2.35. The van der Waals surface area contributed by atoms with Crippen molar-refractivity contribution in [1.29, 1.82) is 0 Å². The second-order valence-corrected chi connectivity index (χ2v) is 4.75. The fraction of sp³-hybridized carbons (Fsp3) is 0.467. The lowest BCUT2D eigenvalue weighted by atomic mass is 10.2. The van der Waals surface area contributed by atoms with Crippen LogP contribution in [0.25, 0.3) is 0 Å². The fourth-order valence-electron chi connectivity index (χ4n) is 2.18. The van der Waals surface area contributed by atoms with Crippen LogP contribution in [0.1, 0.15) is 31.4 Å². The van der Waals surface area contributed by atoms with Crippen molar-refractivity contribution in [2.75, 3.05) is 25.0 Å². The number of urea groups is 1. The normalized spacial score (nSPS) is 14.9. The van der Waals surface area contributed by atoms with Gasteiger partial charge in [0.25, 0.3) is 0 Å². The van der Waals surface area contributed by atoms with E-state index in [2.05, 4.69) is 22.1 Å². The van der Waals surface area contributed by atoms with Gasteiger partial charge in [0.2, 0.25) is 0 Å². The zero-order valence-electron chi connectivity index (χ0n) is 11.6. The summed E-state index contributed by atoms with van der Waals surface area (Å²) >= 11 is 0. The highest BCUT2D eigenvalue weighted by Crippen LogP contribution is 2.11. The Kier molecular flexibility index (Phi) is 5.39. The molecule has 1 aromatic rings. The Morgan fingerprint density at radius 1 is 1.30 bits per heavy atom. The molecule has 5 nitrogen and oxygen atoms in total. The maximum absolute atomic E-state index is 12.2. The third kappa shape index (κ3) is 4.25. The molecule has 1 aliphatic rings. The van der Waals surface area contributed by atoms with Gasteiger partial charge in [0.1, 0.15) is 11.5 Å². The highest BCUT2D eigenvalue weighted by atomic mass is 16.2. The molecule has 0 unspecified atom stereocenters. The van der Waals surface area contributed by atoms with Crippen LogP contribution in [-0.2, 0) is 0 Å². The van der Waals surface area contributed by atoms with Crippen molar-refractivity contribution < 1.29 is 4.79 Å². The second-order valence-electron chi connectivity index (χ2n) is 4.75. The largest absolute Gasteiger partial charge is 0.325 e. The standard InChI is InChI=1S/C15H20N4O/c16-10-6-8-13-7-5-9-14(17-13)18-15(20)19-11-3-1-2-4-12-19/h5,7,9H,1-4,10-12,16H2,(H,17,18,20).